The number of rotatable bonds is 6. The van der Waals surface area contributed by atoms with E-state index in [1.807, 2.05) is 26.0 Å². The third kappa shape index (κ3) is 13.1. The fraction of sp³-hybridized carbons (Fsp3) is 0.152. The molecule has 7 N–H and O–H groups in total. The van der Waals surface area contributed by atoms with E-state index in [1.54, 1.807) is 61.5 Å². The molecule has 0 aliphatic rings. The van der Waals surface area contributed by atoms with Gasteiger partial charge in [0.2, 0.25) is 16.3 Å². The summed E-state index contributed by atoms with van der Waals surface area (Å²) in [5.74, 6) is 0. The molecule has 2 radical (unpaired) electrons. The van der Waals surface area contributed by atoms with Gasteiger partial charge in [0.1, 0.15) is 33.5 Å². The van der Waals surface area contributed by atoms with Crippen molar-refractivity contribution in [3.8, 4) is 0 Å². The number of aliphatic hydroxyl groups excluding tert-OH is 1. The Kier molecular flexibility index (Phi) is 20.3. The van der Waals surface area contributed by atoms with Crippen LogP contribution in [0.3, 0.4) is 0 Å². The van der Waals surface area contributed by atoms with E-state index in [0.29, 0.717) is 66.0 Å². The van der Waals surface area contributed by atoms with Crippen LogP contribution in [-0.2, 0) is 0 Å². The summed E-state index contributed by atoms with van der Waals surface area (Å²) in [6, 6.07) is 28.4. The predicted octanol–water partition coefficient (Wildman–Crippen LogP) is 10.5. The Morgan fingerprint density at radius 2 is 0.791 bits per heavy atom. The summed E-state index contributed by atoms with van der Waals surface area (Å²) in [5.41, 5.74) is 15.7. The third-order valence-electron chi connectivity index (χ3n) is 9.22. The van der Waals surface area contributed by atoms with Gasteiger partial charge in [-0.3, -0.25) is 39.3 Å². The Morgan fingerprint density at radius 1 is 0.537 bits per heavy atom. The van der Waals surface area contributed by atoms with Crippen LogP contribution in [0.5, 0.6) is 0 Å². The average Bonchev–Trinajstić information content (AvgIpc) is 3.27. The molecule has 0 spiro atoms. The molecule has 3 aromatic heterocycles. The fourth-order valence-corrected chi connectivity index (χ4v) is 6.42. The first-order valence-electron chi connectivity index (χ1n) is 19.5. The number of nitrogens with one attached hydrogen (secondary N) is 2. The van der Waals surface area contributed by atoms with Crippen LogP contribution in [0.4, 0.5) is 38.8 Å². The number of aliphatic hydroxyl groups is 1. The Bertz CT molecular complexity index is 3390. The summed E-state index contributed by atoms with van der Waals surface area (Å²) >= 11 is -0.826. The number of nitrogens with two attached hydrogens (primary N) is 2. The molecule has 0 aliphatic heterocycles. The first kappa shape index (κ1) is 54.3. The molecule has 9 aromatic rings. The second-order valence-electron chi connectivity index (χ2n) is 13.6. The molecular weight excluding hydrogens is 1020 g/mol. The number of nitrogens with zero attached hydrogens (tertiary/aromatic N) is 2. The molecule has 0 unspecified atom stereocenters. The Balaban J connectivity index is 0.000000248. The molecule has 0 saturated carbocycles. The number of anilines is 4. The summed E-state index contributed by atoms with van der Waals surface area (Å²) in [6.07, 6.45) is 0. The van der Waals surface area contributed by atoms with Gasteiger partial charge in [0.05, 0.1) is 54.3 Å². The van der Waals surface area contributed by atoms with Crippen molar-refractivity contribution in [2.45, 2.75) is 28.2 Å². The van der Waals surface area contributed by atoms with E-state index < -0.39 is 28.7 Å². The maximum atomic E-state index is 12.4. The van der Waals surface area contributed by atoms with Crippen molar-refractivity contribution in [2.75, 3.05) is 41.8 Å². The van der Waals surface area contributed by atoms with E-state index in [0.717, 1.165) is 24.5 Å². The molecule has 6 aromatic carbocycles. The van der Waals surface area contributed by atoms with Crippen LogP contribution < -0.4 is 38.4 Å². The zero-order chi connectivity index (χ0) is 47.4. The van der Waals surface area contributed by atoms with E-state index in [-0.39, 0.29) is 57.6 Å². The first-order chi connectivity index (χ1) is 31.2. The van der Waals surface area contributed by atoms with Crippen LogP contribution in [0.15, 0.2) is 137 Å². The number of non-ortho nitro benzene ring substituents is 2. The standard InChI is InChI=1S/C15H12N2O4.C15H14N2O2.C13H8N2O4.C2H6O.CH4.2ClH.FH.Sn/c1-2-16-9-3-5-11-13(7-9)21-14-8-10(17(19)20)4-6-12(14)15(11)18;1-2-17-10-4-6-12-14(8-10)19-13-7-9(16)3-5-11(13)15(12)18;14-7-1-3-9-11(5-7)19-12-6-8(15(17)18)2-4-10(12)13(9)16;1-2-3;;;;;/h3-8,16H,2H2,1H3;3-8,17H,2,16H2,1H3;1-6H,14H2;3H,2H2,1H3;1H4;3*1H;/q;;;;;;;;+2/p-2. The molecule has 21 heteroatoms. The van der Waals surface area contributed by atoms with Crippen LogP contribution in [-0.4, -0.2) is 53.5 Å². The Morgan fingerprint density at radius 3 is 1.07 bits per heavy atom. The van der Waals surface area contributed by atoms with Gasteiger partial charge in [-0.1, -0.05) is 7.43 Å². The Labute approximate surface area is 397 Å². The predicted molar refractivity (Wildman–Crippen MR) is 270 cm³/mol. The second kappa shape index (κ2) is 25.1. The number of hydrogen-bond acceptors (Lipinski definition) is 15. The fourth-order valence-electron chi connectivity index (χ4n) is 6.42. The van der Waals surface area contributed by atoms with E-state index >= 15 is 0 Å². The molecule has 9 rings (SSSR count). The van der Waals surface area contributed by atoms with Gasteiger partial charge < -0.3 is 40.5 Å². The topological polar surface area (TPSA) is 273 Å². The average molecular weight is 1070 g/mol. The third-order valence-corrected chi connectivity index (χ3v) is 9.22. The van der Waals surface area contributed by atoms with E-state index in [9.17, 15) is 34.6 Å². The monoisotopic (exact) mass is 1070 g/mol. The summed E-state index contributed by atoms with van der Waals surface area (Å²) in [6.45, 7) is 7.47. The molecule has 0 aliphatic carbocycles. The van der Waals surface area contributed by atoms with Gasteiger partial charge in [0.15, 0.2) is 0 Å². The van der Waals surface area contributed by atoms with Gasteiger partial charge in [-0.2, -0.15) is 0 Å². The van der Waals surface area contributed by atoms with Crippen molar-refractivity contribution in [1.82, 2.24) is 0 Å². The van der Waals surface area contributed by atoms with Crippen molar-refractivity contribution in [3.05, 3.63) is 160 Å². The molecule has 3 heterocycles. The maximum absolute atomic E-state index is 12.4. The van der Waals surface area contributed by atoms with E-state index in [2.05, 4.69) is 10.6 Å². The van der Waals surface area contributed by atoms with Crippen LogP contribution >= 0.6 is 17.8 Å². The molecule has 350 valence electrons. The number of halogens is 3. The number of hydrogen-bond donors (Lipinski definition) is 5. The van der Waals surface area contributed by atoms with Crippen molar-refractivity contribution >= 4 is 137 Å². The zero-order valence-electron chi connectivity index (χ0n) is 35.3. The number of fused-ring (bicyclic) bond motifs is 6. The van der Waals surface area contributed by atoms with Crippen LogP contribution in [0.1, 0.15) is 28.2 Å². The number of nitro groups is 2. The molecular formula is C46H45Cl2FN6O11Sn. The molecule has 17 nitrogen and oxygen atoms in total. The van der Waals surface area contributed by atoms with Gasteiger partial charge in [0.25, 0.3) is 11.4 Å². The van der Waals surface area contributed by atoms with Crippen molar-refractivity contribution < 1.29 is 32.9 Å². The minimum atomic E-state index is -0.826. The molecule has 0 bridgehead atoms. The van der Waals surface area contributed by atoms with Crippen LogP contribution in [0.25, 0.3) is 65.8 Å². The van der Waals surface area contributed by atoms with Gasteiger partial charge in [-0.25, -0.2) is 0 Å². The molecule has 67 heavy (non-hydrogen) atoms. The van der Waals surface area contributed by atoms with Gasteiger partial charge in [-0.15, -0.1) is 0 Å². The van der Waals surface area contributed by atoms with Crippen molar-refractivity contribution in [2.24, 2.45) is 0 Å². The summed E-state index contributed by atoms with van der Waals surface area (Å²) < 4.78 is 16.9. The normalized spacial score (nSPS) is 10.2. The van der Waals surface area contributed by atoms with Crippen molar-refractivity contribution in [3.63, 3.8) is 0 Å². The van der Waals surface area contributed by atoms with Gasteiger partial charge in [-0.05, 0) is 81.4 Å². The number of nitrogen functional groups attached to an aromatic ring is 2. The molecule has 0 saturated heterocycles. The summed E-state index contributed by atoms with van der Waals surface area (Å²) in [5, 5.41) is 38.0. The van der Waals surface area contributed by atoms with Gasteiger partial charge >= 0.3 is 36.7 Å². The van der Waals surface area contributed by atoms with E-state index in [4.69, 9.17) is 47.7 Å². The van der Waals surface area contributed by atoms with E-state index in [1.165, 1.54) is 42.5 Å². The molecule has 0 amide bonds. The minimum absolute atomic E-state index is 0. The SMILES string of the molecule is C.CCNc1ccc2c(=O)c3ccc(N)cc3oc2c1.CCNc1ccc2c(=O)c3ccc([N+](=O)[O-])cc3oc2c1.CCO.F.Nc1ccc2c(=O)c3ccc([N+](=O)[O-])cc3oc2c1.[Cl][Sn][Cl]. The number of benzene rings is 6. The number of nitro benzene ring substituents is 2. The summed E-state index contributed by atoms with van der Waals surface area (Å²) in [7, 11) is 9.87. The molecule has 0 atom stereocenters. The second-order valence-corrected chi connectivity index (χ2v) is 17.8. The van der Waals surface area contributed by atoms with Gasteiger partial charge in [0, 0.05) is 78.8 Å². The van der Waals surface area contributed by atoms with Crippen LogP contribution in [0.2, 0.25) is 0 Å². The molecule has 0 fully saturated rings. The quantitative estimate of drug-likeness (QED) is 0.0340. The summed E-state index contributed by atoms with van der Waals surface area (Å²) in [4.78, 5) is 57.4. The van der Waals surface area contributed by atoms with Crippen LogP contribution in [0, 0.1) is 20.2 Å². The van der Waals surface area contributed by atoms with Crippen molar-refractivity contribution in [1.29, 1.82) is 0 Å². The Hall–Kier alpha value is -7.00. The first-order valence-corrected chi connectivity index (χ1v) is 26.8. The zero-order valence-corrected chi connectivity index (χ0v) is 39.6.